The number of hydrogen-bond acceptors (Lipinski definition) is 8. The topological polar surface area (TPSA) is 136 Å². The van der Waals surface area contributed by atoms with Crippen LogP contribution in [-0.4, -0.2) is 54.9 Å². The van der Waals surface area contributed by atoms with Crippen molar-refractivity contribution in [1.82, 2.24) is 15.1 Å². The summed E-state index contributed by atoms with van der Waals surface area (Å²) in [5.41, 5.74) is 8.33. The molecule has 0 saturated carbocycles. The Morgan fingerprint density at radius 2 is 2.06 bits per heavy atom. The molecule has 10 heteroatoms. The maximum Gasteiger partial charge on any atom is 0.260 e. The number of aromatic nitrogens is 2. The predicted molar refractivity (Wildman–Crippen MR) is 115 cm³/mol. The van der Waals surface area contributed by atoms with Gasteiger partial charge in [0.1, 0.15) is 11.6 Å². The van der Waals surface area contributed by atoms with E-state index in [1.54, 1.807) is 30.2 Å². The van der Waals surface area contributed by atoms with Crippen LogP contribution in [-0.2, 0) is 16.1 Å². The molecule has 0 spiro atoms. The van der Waals surface area contributed by atoms with Crippen LogP contribution in [0.5, 0.6) is 17.4 Å². The van der Waals surface area contributed by atoms with Crippen LogP contribution < -0.4 is 19.9 Å². The largest absolute Gasteiger partial charge is 0.493 e. The Labute approximate surface area is 186 Å². The minimum absolute atomic E-state index is 0.00965. The fourth-order valence-corrected chi connectivity index (χ4v) is 3.69. The van der Waals surface area contributed by atoms with E-state index in [1.807, 2.05) is 13.8 Å². The number of nitriles is 1. The van der Waals surface area contributed by atoms with Gasteiger partial charge in [0.25, 0.3) is 5.91 Å². The smallest absolute Gasteiger partial charge is 0.260 e. The first kappa shape index (κ1) is 23.0. The third kappa shape index (κ3) is 4.33. The number of H-pyrrole nitrogens is 1. The number of benzene rings is 1. The summed E-state index contributed by atoms with van der Waals surface area (Å²) in [4.78, 5) is 14.0. The first-order valence-corrected chi connectivity index (χ1v) is 10.2. The molecule has 0 bridgehead atoms. The number of rotatable bonds is 9. The normalized spacial score (nSPS) is 14.9. The highest BCUT2D eigenvalue weighted by atomic mass is 16.5. The zero-order valence-electron chi connectivity index (χ0n) is 18.6. The number of nitrogens with one attached hydrogen (secondary N) is 1. The zero-order valence-corrected chi connectivity index (χ0v) is 18.6. The number of carbonyl (C=O) groups excluding carboxylic acids is 1. The number of hydrogen-bond donors (Lipinski definition) is 2. The second kappa shape index (κ2) is 10.1. The molecule has 0 saturated heterocycles. The van der Waals surface area contributed by atoms with Crippen molar-refractivity contribution in [2.24, 2.45) is 5.73 Å². The number of carbonyl (C=O) groups is 1. The van der Waals surface area contributed by atoms with Crippen LogP contribution in [0.25, 0.3) is 0 Å². The van der Waals surface area contributed by atoms with Gasteiger partial charge < -0.3 is 29.6 Å². The summed E-state index contributed by atoms with van der Waals surface area (Å²) in [5.74, 6) is 0.486. The van der Waals surface area contributed by atoms with Gasteiger partial charge in [-0.2, -0.15) is 5.26 Å². The summed E-state index contributed by atoms with van der Waals surface area (Å²) in [7, 11) is 3.08. The van der Waals surface area contributed by atoms with Crippen LogP contribution in [0.4, 0.5) is 0 Å². The van der Waals surface area contributed by atoms with Crippen LogP contribution in [0.2, 0.25) is 0 Å². The number of allylic oxidation sites excluding steroid dienone is 1. The van der Waals surface area contributed by atoms with E-state index in [9.17, 15) is 10.1 Å². The van der Waals surface area contributed by atoms with Gasteiger partial charge in [0.15, 0.2) is 18.1 Å². The van der Waals surface area contributed by atoms with Crippen LogP contribution in [0, 0.1) is 11.3 Å². The minimum Gasteiger partial charge on any atom is -0.493 e. The van der Waals surface area contributed by atoms with Crippen molar-refractivity contribution in [3.8, 4) is 23.4 Å². The third-order valence-corrected chi connectivity index (χ3v) is 5.29. The number of fused-ring (bicyclic) bond motifs is 1. The Kier molecular flexibility index (Phi) is 7.22. The molecule has 0 unspecified atom stereocenters. The molecule has 0 aliphatic carbocycles. The van der Waals surface area contributed by atoms with Gasteiger partial charge in [0.05, 0.1) is 30.9 Å². The lowest BCUT2D eigenvalue weighted by atomic mass is 9.84. The molecule has 1 aliphatic heterocycles. The van der Waals surface area contributed by atoms with E-state index in [0.29, 0.717) is 41.7 Å². The molecule has 1 aromatic heterocycles. The summed E-state index contributed by atoms with van der Waals surface area (Å²) in [6.45, 7) is 5.21. The van der Waals surface area contributed by atoms with E-state index in [1.165, 1.54) is 7.11 Å². The van der Waals surface area contributed by atoms with Crippen LogP contribution in [0.15, 0.2) is 29.7 Å². The molecule has 3 N–H and O–H groups in total. The van der Waals surface area contributed by atoms with Gasteiger partial charge in [-0.3, -0.25) is 9.89 Å². The number of nitrogens with two attached hydrogens (primary N) is 1. The second-order valence-electron chi connectivity index (χ2n) is 7.04. The van der Waals surface area contributed by atoms with Crippen molar-refractivity contribution in [3.63, 3.8) is 0 Å². The van der Waals surface area contributed by atoms with Crippen LogP contribution >= 0.6 is 0 Å². The number of likely N-dealkylation sites (N-methyl/N-ethyl adjacent to an activating group) is 1. The summed E-state index contributed by atoms with van der Waals surface area (Å²) in [6.07, 6.45) is 0. The quantitative estimate of drug-likeness (QED) is 0.603. The van der Waals surface area contributed by atoms with Crippen LogP contribution in [0.1, 0.15) is 36.6 Å². The van der Waals surface area contributed by atoms with Gasteiger partial charge in [-0.1, -0.05) is 6.07 Å². The van der Waals surface area contributed by atoms with Gasteiger partial charge >= 0.3 is 0 Å². The van der Waals surface area contributed by atoms with E-state index in [0.717, 1.165) is 5.56 Å². The van der Waals surface area contributed by atoms with Crippen molar-refractivity contribution < 1.29 is 23.7 Å². The number of ether oxygens (including phenoxy) is 4. The minimum atomic E-state index is -0.534. The molecule has 32 heavy (non-hydrogen) atoms. The molecule has 0 radical (unpaired) electrons. The molecular weight excluding hydrogens is 414 g/mol. The standard InChI is InChI=1S/C22H27N5O5/c1-5-27(6-2)18(28)12-31-16-8-7-13(9-17(16)30-4)19-14(10-23)21(24)32-22-20(19)15(11-29-3)25-26-22/h7-9,19H,5-6,11-12,24H2,1-4H3,(H,25,26)/t19-/m1/s1. The molecule has 170 valence electrons. The van der Waals surface area contributed by atoms with E-state index >= 15 is 0 Å². The van der Waals surface area contributed by atoms with Gasteiger partial charge in [-0.15, -0.1) is 5.10 Å². The lowest BCUT2D eigenvalue weighted by Crippen LogP contribution is -2.34. The lowest BCUT2D eigenvalue weighted by Gasteiger charge is -2.25. The average molecular weight is 441 g/mol. The molecule has 2 aromatic rings. The maximum absolute atomic E-state index is 12.3. The highest BCUT2D eigenvalue weighted by molar-refractivity contribution is 5.77. The van der Waals surface area contributed by atoms with E-state index in [4.69, 9.17) is 24.7 Å². The molecule has 2 heterocycles. The highest BCUT2D eigenvalue weighted by Crippen LogP contribution is 2.44. The maximum atomic E-state index is 12.3. The summed E-state index contributed by atoms with van der Waals surface area (Å²) in [6, 6.07) is 7.41. The molecule has 1 aromatic carbocycles. The average Bonchev–Trinajstić information content (AvgIpc) is 3.19. The molecule has 10 nitrogen and oxygen atoms in total. The molecule has 1 aliphatic rings. The fourth-order valence-electron chi connectivity index (χ4n) is 3.69. The number of amides is 1. The van der Waals surface area contributed by atoms with Gasteiger partial charge in [-0.25, -0.2) is 0 Å². The van der Waals surface area contributed by atoms with E-state index in [-0.39, 0.29) is 30.6 Å². The van der Waals surface area contributed by atoms with Crippen molar-refractivity contribution in [1.29, 1.82) is 5.26 Å². The molecule has 0 fully saturated rings. The van der Waals surface area contributed by atoms with Crippen molar-refractivity contribution in [3.05, 3.63) is 46.5 Å². The Balaban J connectivity index is 1.97. The highest BCUT2D eigenvalue weighted by Gasteiger charge is 2.35. The lowest BCUT2D eigenvalue weighted by molar-refractivity contribution is -0.132. The van der Waals surface area contributed by atoms with E-state index < -0.39 is 5.92 Å². The molecule has 3 rings (SSSR count). The molecule has 1 amide bonds. The van der Waals surface area contributed by atoms with Gasteiger partial charge in [0.2, 0.25) is 11.8 Å². The van der Waals surface area contributed by atoms with Crippen molar-refractivity contribution in [2.75, 3.05) is 33.9 Å². The Morgan fingerprint density at radius 1 is 1.31 bits per heavy atom. The second-order valence-corrected chi connectivity index (χ2v) is 7.04. The monoisotopic (exact) mass is 441 g/mol. The Bertz CT molecular complexity index is 1050. The number of methoxy groups -OCH3 is 2. The predicted octanol–water partition coefficient (Wildman–Crippen LogP) is 2.03. The Morgan fingerprint density at radius 3 is 2.69 bits per heavy atom. The van der Waals surface area contributed by atoms with Gasteiger partial charge in [-0.05, 0) is 31.5 Å². The number of nitrogens with zero attached hydrogens (tertiary/aromatic N) is 3. The number of aromatic amines is 1. The fraction of sp³-hybridized carbons (Fsp3) is 0.409. The van der Waals surface area contributed by atoms with Gasteiger partial charge in [0, 0.05) is 20.2 Å². The zero-order chi connectivity index (χ0) is 23.3. The van der Waals surface area contributed by atoms with Crippen LogP contribution in [0.3, 0.4) is 0 Å². The summed E-state index contributed by atoms with van der Waals surface area (Å²) >= 11 is 0. The first-order valence-electron chi connectivity index (χ1n) is 10.2. The van der Waals surface area contributed by atoms with Crippen molar-refractivity contribution in [2.45, 2.75) is 26.4 Å². The Hall–Kier alpha value is -3.71. The van der Waals surface area contributed by atoms with Crippen molar-refractivity contribution >= 4 is 5.91 Å². The van der Waals surface area contributed by atoms with E-state index in [2.05, 4.69) is 16.3 Å². The third-order valence-electron chi connectivity index (χ3n) is 5.29. The molecule has 1 atom stereocenters. The molecular formula is C22H27N5O5. The summed E-state index contributed by atoms with van der Waals surface area (Å²) < 4.78 is 22.0. The SMILES string of the molecule is CCN(CC)C(=O)COc1ccc([C@@H]2C(C#N)=C(N)Oc3n[nH]c(COC)c32)cc1OC. The summed E-state index contributed by atoms with van der Waals surface area (Å²) in [5, 5.41) is 16.8. The first-order chi connectivity index (χ1) is 15.5.